The number of amides is 1. The maximum absolute atomic E-state index is 13.5. The first-order valence-corrected chi connectivity index (χ1v) is 14.9. The van der Waals surface area contributed by atoms with Crippen molar-refractivity contribution in [2.45, 2.75) is 39.0 Å². The second kappa shape index (κ2) is 11.9. The van der Waals surface area contributed by atoms with Crippen molar-refractivity contribution in [1.29, 1.82) is 0 Å². The number of aromatic nitrogens is 2. The van der Waals surface area contributed by atoms with E-state index in [4.69, 9.17) is 21.6 Å². The molecule has 7 heteroatoms. The van der Waals surface area contributed by atoms with Crippen LogP contribution >= 0.6 is 11.6 Å². The molecule has 1 unspecified atom stereocenters. The van der Waals surface area contributed by atoms with Gasteiger partial charge in [0.25, 0.3) is 5.91 Å². The summed E-state index contributed by atoms with van der Waals surface area (Å²) in [4.78, 5) is 27.8. The van der Waals surface area contributed by atoms with E-state index in [0.717, 1.165) is 73.2 Å². The average molecular weight is 567 g/mol. The SMILES string of the molecule is CC(CCCc1nc2cc(C(=O)N3CCN(c4ccccc4)CC3)ccc2nc1-c1ccc(Cl)cc1)C(O)=C1CC1. The second-order valence-electron chi connectivity index (χ2n) is 11.1. The van der Waals surface area contributed by atoms with Gasteiger partial charge in [0.15, 0.2) is 0 Å². The molecule has 0 bridgehead atoms. The Kier molecular flexibility index (Phi) is 7.93. The van der Waals surface area contributed by atoms with Gasteiger partial charge in [0.2, 0.25) is 0 Å². The maximum atomic E-state index is 13.5. The van der Waals surface area contributed by atoms with Crippen LogP contribution in [0.5, 0.6) is 0 Å². The van der Waals surface area contributed by atoms with Gasteiger partial charge in [-0.15, -0.1) is 0 Å². The molecule has 210 valence electrons. The predicted octanol–water partition coefficient (Wildman–Crippen LogP) is 7.48. The van der Waals surface area contributed by atoms with Gasteiger partial charge in [-0.3, -0.25) is 4.79 Å². The van der Waals surface area contributed by atoms with Crippen LogP contribution < -0.4 is 4.90 Å². The van der Waals surface area contributed by atoms with Crippen LogP contribution in [0.2, 0.25) is 5.02 Å². The standard InChI is InChI=1S/C34H35ClN4O2/c1-23(33(40)25-10-11-25)6-5-9-30-32(24-12-15-27(35)16-13-24)37-29-17-14-26(22-31(29)36-30)34(41)39-20-18-38(19-21-39)28-7-3-2-4-8-28/h2-4,7-8,12-17,22-23,40H,5-6,9-11,18-21H2,1H3. The molecular formula is C34H35ClN4O2. The summed E-state index contributed by atoms with van der Waals surface area (Å²) in [5, 5.41) is 11.1. The molecule has 41 heavy (non-hydrogen) atoms. The zero-order valence-electron chi connectivity index (χ0n) is 23.4. The summed E-state index contributed by atoms with van der Waals surface area (Å²) in [6.45, 7) is 5.06. The van der Waals surface area contributed by atoms with Gasteiger partial charge in [-0.05, 0) is 80.1 Å². The molecular weight excluding hydrogens is 532 g/mol. The van der Waals surface area contributed by atoms with Crippen molar-refractivity contribution in [2.24, 2.45) is 5.92 Å². The van der Waals surface area contributed by atoms with Gasteiger partial charge in [0.05, 0.1) is 28.2 Å². The Morgan fingerprint density at radius 3 is 2.37 bits per heavy atom. The summed E-state index contributed by atoms with van der Waals surface area (Å²) in [5.41, 5.74) is 7.21. The summed E-state index contributed by atoms with van der Waals surface area (Å²) < 4.78 is 0. The molecule has 0 radical (unpaired) electrons. The first-order chi connectivity index (χ1) is 20.0. The number of allylic oxidation sites excluding steroid dienone is 2. The number of carbonyl (C=O) groups excluding carboxylic acids is 1. The van der Waals surface area contributed by atoms with Crippen LogP contribution in [0.15, 0.2) is 84.1 Å². The molecule has 2 fully saturated rings. The largest absolute Gasteiger partial charge is 0.512 e. The van der Waals surface area contributed by atoms with Gasteiger partial charge < -0.3 is 14.9 Å². The van der Waals surface area contributed by atoms with Crippen LogP contribution in [-0.2, 0) is 6.42 Å². The lowest BCUT2D eigenvalue weighted by Gasteiger charge is -2.36. The molecule has 1 aliphatic carbocycles. The number of fused-ring (bicyclic) bond motifs is 1. The number of hydrogen-bond donors (Lipinski definition) is 1. The summed E-state index contributed by atoms with van der Waals surface area (Å²) in [5.74, 6) is 0.744. The highest BCUT2D eigenvalue weighted by Crippen LogP contribution is 2.35. The molecule has 1 amide bonds. The van der Waals surface area contributed by atoms with Crippen molar-refractivity contribution >= 4 is 34.2 Å². The number of aliphatic hydroxyl groups is 1. The number of anilines is 1. The van der Waals surface area contributed by atoms with Crippen LogP contribution in [0.3, 0.4) is 0 Å². The zero-order valence-corrected chi connectivity index (χ0v) is 24.1. The quantitative estimate of drug-likeness (QED) is 0.224. The lowest BCUT2D eigenvalue weighted by molar-refractivity contribution is 0.0747. The van der Waals surface area contributed by atoms with E-state index in [-0.39, 0.29) is 11.8 Å². The summed E-state index contributed by atoms with van der Waals surface area (Å²) in [6, 6.07) is 23.7. The Hall–Kier alpha value is -3.90. The number of nitrogens with zero attached hydrogens (tertiary/aromatic N) is 4. The van der Waals surface area contributed by atoms with Crippen LogP contribution in [0.25, 0.3) is 22.3 Å². The molecule has 3 aromatic carbocycles. The third-order valence-electron chi connectivity index (χ3n) is 8.17. The third-order valence-corrected chi connectivity index (χ3v) is 8.42. The molecule has 2 heterocycles. The lowest BCUT2D eigenvalue weighted by Crippen LogP contribution is -2.48. The van der Waals surface area contributed by atoms with Gasteiger partial charge >= 0.3 is 0 Å². The monoisotopic (exact) mass is 566 g/mol. The van der Waals surface area contributed by atoms with Crippen molar-refractivity contribution in [1.82, 2.24) is 14.9 Å². The van der Waals surface area contributed by atoms with E-state index in [0.29, 0.717) is 29.4 Å². The van der Waals surface area contributed by atoms with Crippen molar-refractivity contribution in [3.8, 4) is 11.3 Å². The van der Waals surface area contributed by atoms with Gasteiger partial charge in [0.1, 0.15) is 0 Å². The number of hydrogen-bond acceptors (Lipinski definition) is 5. The smallest absolute Gasteiger partial charge is 0.254 e. The molecule has 2 aliphatic rings. The highest BCUT2D eigenvalue weighted by Gasteiger charge is 2.24. The van der Waals surface area contributed by atoms with E-state index < -0.39 is 0 Å². The van der Waals surface area contributed by atoms with E-state index in [9.17, 15) is 9.90 Å². The number of carbonyl (C=O) groups is 1. The molecule has 4 aromatic rings. The van der Waals surface area contributed by atoms with E-state index in [2.05, 4.69) is 24.0 Å². The number of benzene rings is 3. The molecule has 1 N–H and O–H groups in total. The fourth-order valence-electron chi connectivity index (χ4n) is 5.61. The number of aryl methyl sites for hydroxylation is 1. The van der Waals surface area contributed by atoms with E-state index in [1.54, 1.807) is 0 Å². The average Bonchev–Trinajstić information content (AvgIpc) is 3.86. The topological polar surface area (TPSA) is 69.6 Å². The summed E-state index contributed by atoms with van der Waals surface area (Å²) in [6.07, 6.45) is 4.53. The minimum atomic E-state index is 0.0298. The number of para-hydroxylation sites is 1. The fourth-order valence-corrected chi connectivity index (χ4v) is 5.73. The highest BCUT2D eigenvalue weighted by molar-refractivity contribution is 6.30. The van der Waals surface area contributed by atoms with Crippen LogP contribution in [0.1, 0.15) is 48.7 Å². The first-order valence-electron chi connectivity index (χ1n) is 14.5. The predicted molar refractivity (Wildman–Crippen MR) is 166 cm³/mol. The van der Waals surface area contributed by atoms with Crippen molar-refractivity contribution in [2.75, 3.05) is 31.1 Å². The molecule has 1 saturated heterocycles. The number of piperazine rings is 1. The molecule has 1 atom stereocenters. The van der Waals surface area contributed by atoms with E-state index >= 15 is 0 Å². The Bertz CT molecular complexity index is 1570. The fraction of sp³-hybridized carbons (Fsp3) is 0.324. The van der Waals surface area contributed by atoms with Gasteiger partial charge in [-0.2, -0.15) is 0 Å². The molecule has 6 rings (SSSR count). The minimum Gasteiger partial charge on any atom is -0.512 e. The van der Waals surface area contributed by atoms with Gasteiger partial charge in [-0.25, -0.2) is 9.97 Å². The molecule has 1 aliphatic heterocycles. The van der Waals surface area contributed by atoms with E-state index in [1.807, 2.05) is 65.6 Å². The highest BCUT2D eigenvalue weighted by atomic mass is 35.5. The van der Waals surface area contributed by atoms with Crippen LogP contribution in [0, 0.1) is 5.92 Å². The maximum Gasteiger partial charge on any atom is 0.254 e. The summed E-state index contributed by atoms with van der Waals surface area (Å²) >= 11 is 6.16. The van der Waals surface area contributed by atoms with Crippen molar-refractivity contribution in [3.63, 3.8) is 0 Å². The molecule has 6 nitrogen and oxygen atoms in total. The van der Waals surface area contributed by atoms with Crippen LogP contribution in [0.4, 0.5) is 5.69 Å². The molecule has 1 aromatic heterocycles. The Balaban J connectivity index is 1.22. The van der Waals surface area contributed by atoms with Crippen molar-refractivity contribution < 1.29 is 9.90 Å². The summed E-state index contributed by atoms with van der Waals surface area (Å²) in [7, 11) is 0. The van der Waals surface area contributed by atoms with Crippen molar-refractivity contribution in [3.05, 3.63) is 100 Å². The normalized spacial score (nSPS) is 15.7. The van der Waals surface area contributed by atoms with Crippen LogP contribution in [-0.4, -0.2) is 52.1 Å². The Morgan fingerprint density at radius 1 is 0.927 bits per heavy atom. The van der Waals surface area contributed by atoms with Gasteiger partial charge in [-0.1, -0.05) is 48.9 Å². The first kappa shape index (κ1) is 27.3. The molecule has 0 spiro atoms. The number of aliphatic hydroxyl groups excluding tert-OH is 1. The minimum absolute atomic E-state index is 0.0298. The van der Waals surface area contributed by atoms with Gasteiger partial charge in [0, 0.05) is 53.9 Å². The number of rotatable bonds is 8. The third kappa shape index (κ3) is 6.23. The van der Waals surface area contributed by atoms with E-state index in [1.165, 1.54) is 11.3 Å². The number of halogens is 1. The Morgan fingerprint density at radius 2 is 1.66 bits per heavy atom. The lowest BCUT2D eigenvalue weighted by atomic mass is 9.98. The Labute approximate surface area is 246 Å². The molecule has 1 saturated carbocycles. The second-order valence-corrected chi connectivity index (χ2v) is 11.6. The zero-order chi connectivity index (χ0) is 28.3.